The number of rotatable bonds is 6. The lowest BCUT2D eigenvalue weighted by Crippen LogP contribution is -2.01. The summed E-state index contributed by atoms with van der Waals surface area (Å²) in [6.45, 7) is 3.45. The van der Waals surface area contributed by atoms with Gasteiger partial charge in [-0.1, -0.05) is 30.7 Å². The molecule has 0 spiro atoms. The maximum absolute atomic E-state index is 8.82. The normalized spacial score (nSPS) is 9.95. The summed E-state index contributed by atoms with van der Waals surface area (Å²) < 4.78 is 5.61. The summed E-state index contributed by atoms with van der Waals surface area (Å²) in [6.07, 6.45) is 0.989. The first-order valence-corrected chi connectivity index (χ1v) is 7.26. The minimum atomic E-state index is 0.549. The van der Waals surface area contributed by atoms with Crippen LogP contribution in [0.2, 0.25) is 5.02 Å². The van der Waals surface area contributed by atoms with Crippen LogP contribution in [0.4, 0.5) is 5.69 Å². The van der Waals surface area contributed by atoms with Crippen LogP contribution in [0.15, 0.2) is 42.5 Å². The van der Waals surface area contributed by atoms with Crippen LogP contribution >= 0.6 is 11.6 Å². The zero-order valence-corrected chi connectivity index (χ0v) is 12.7. The lowest BCUT2D eigenvalue weighted by Gasteiger charge is -2.10. The number of nitrogens with one attached hydrogen (secondary N) is 1. The van der Waals surface area contributed by atoms with Gasteiger partial charge in [0.25, 0.3) is 0 Å². The molecular formula is C17H17ClN2O. The van der Waals surface area contributed by atoms with Gasteiger partial charge in [-0.15, -0.1) is 0 Å². The molecule has 0 radical (unpaired) electrons. The Hall–Kier alpha value is -2.18. The predicted octanol–water partition coefficient (Wildman–Crippen LogP) is 4.61. The summed E-state index contributed by atoms with van der Waals surface area (Å²) in [7, 11) is 0. The number of hydrogen-bond donors (Lipinski definition) is 1. The van der Waals surface area contributed by atoms with Crippen molar-refractivity contribution in [1.29, 1.82) is 5.26 Å². The molecule has 0 aliphatic rings. The molecule has 0 unspecified atom stereocenters. The molecule has 21 heavy (non-hydrogen) atoms. The number of anilines is 1. The van der Waals surface area contributed by atoms with Gasteiger partial charge in [0.2, 0.25) is 0 Å². The molecule has 0 fully saturated rings. The van der Waals surface area contributed by atoms with Crippen LogP contribution < -0.4 is 10.1 Å². The number of halogens is 1. The first-order valence-electron chi connectivity index (χ1n) is 6.88. The van der Waals surface area contributed by atoms with E-state index >= 15 is 0 Å². The molecule has 0 amide bonds. The monoisotopic (exact) mass is 300 g/mol. The predicted molar refractivity (Wildman–Crippen MR) is 85.7 cm³/mol. The van der Waals surface area contributed by atoms with Crippen molar-refractivity contribution in [2.75, 3.05) is 11.9 Å². The maximum atomic E-state index is 8.82. The second-order valence-corrected chi connectivity index (χ2v) is 5.06. The Bertz CT molecular complexity index is 649. The van der Waals surface area contributed by atoms with Crippen LogP contribution in [-0.2, 0) is 6.54 Å². The zero-order valence-electron chi connectivity index (χ0n) is 11.9. The summed E-state index contributed by atoms with van der Waals surface area (Å²) >= 11 is 6.14. The summed E-state index contributed by atoms with van der Waals surface area (Å²) in [4.78, 5) is 0. The van der Waals surface area contributed by atoms with E-state index in [0.29, 0.717) is 17.1 Å². The van der Waals surface area contributed by atoms with Crippen molar-refractivity contribution in [1.82, 2.24) is 0 Å². The van der Waals surface area contributed by atoms with Gasteiger partial charge in [-0.05, 0) is 42.3 Å². The number of hydrogen-bond acceptors (Lipinski definition) is 3. The van der Waals surface area contributed by atoms with Crippen LogP contribution in [0.5, 0.6) is 5.75 Å². The van der Waals surface area contributed by atoms with Gasteiger partial charge in [-0.3, -0.25) is 0 Å². The fourth-order valence-corrected chi connectivity index (χ4v) is 2.14. The topological polar surface area (TPSA) is 45.0 Å². The quantitative estimate of drug-likeness (QED) is 0.847. The molecule has 4 heteroatoms. The molecule has 0 aliphatic carbocycles. The molecule has 0 saturated heterocycles. The van der Waals surface area contributed by atoms with Gasteiger partial charge < -0.3 is 10.1 Å². The van der Waals surface area contributed by atoms with E-state index in [0.717, 1.165) is 30.0 Å². The largest absolute Gasteiger partial charge is 0.494 e. The zero-order chi connectivity index (χ0) is 15.1. The van der Waals surface area contributed by atoms with E-state index in [4.69, 9.17) is 21.6 Å². The van der Waals surface area contributed by atoms with Gasteiger partial charge in [-0.2, -0.15) is 5.26 Å². The standard InChI is InChI=1S/C17H17ClN2O/c1-2-8-21-15-5-3-4-14(9-15)12-20-17-7-6-13(11-19)10-16(17)18/h3-7,9-10,20H,2,8,12H2,1H3. The highest BCUT2D eigenvalue weighted by Crippen LogP contribution is 2.24. The fraction of sp³-hybridized carbons (Fsp3) is 0.235. The van der Waals surface area contributed by atoms with Crippen LogP contribution in [0.3, 0.4) is 0 Å². The molecule has 0 aliphatic heterocycles. The molecule has 3 nitrogen and oxygen atoms in total. The summed E-state index contributed by atoms with van der Waals surface area (Å²) in [5.41, 5.74) is 2.49. The fourth-order valence-electron chi connectivity index (χ4n) is 1.89. The van der Waals surface area contributed by atoms with Gasteiger partial charge in [-0.25, -0.2) is 0 Å². The minimum Gasteiger partial charge on any atom is -0.494 e. The van der Waals surface area contributed by atoms with E-state index in [1.54, 1.807) is 12.1 Å². The van der Waals surface area contributed by atoms with Crippen LogP contribution in [0.1, 0.15) is 24.5 Å². The molecule has 1 N–H and O–H groups in total. The Morgan fingerprint density at radius 1 is 1.24 bits per heavy atom. The lowest BCUT2D eigenvalue weighted by molar-refractivity contribution is 0.317. The summed E-state index contributed by atoms with van der Waals surface area (Å²) in [6, 6.07) is 15.3. The van der Waals surface area contributed by atoms with Gasteiger partial charge >= 0.3 is 0 Å². The number of ether oxygens (including phenoxy) is 1. The molecule has 0 aromatic heterocycles. The first-order chi connectivity index (χ1) is 10.2. The minimum absolute atomic E-state index is 0.549. The second-order valence-electron chi connectivity index (χ2n) is 4.66. The third-order valence-corrected chi connectivity index (χ3v) is 3.27. The summed E-state index contributed by atoms with van der Waals surface area (Å²) in [5.74, 6) is 0.877. The summed E-state index contributed by atoms with van der Waals surface area (Å²) in [5, 5.41) is 12.6. The Balaban J connectivity index is 2.01. The number of nitrogens with zero attached hydrogens (tertiary/aromatic N) is 1. The number of nitriles is 1. The van der Waals surface area contributed by atoms with Gasteiger partial charge in [0.05, 0.1) is 28.9 Å². The maximum Gasteiger partial charge on any atom is 0.119 e. The molecule has 2 aromatic rings. The lowest BCUT2D eigenvalue weighted by atomic mass is 10.2. The van der Waals surface area contributed by atoms with E-state index in [1.807, 2.05) is 30.3 Å². The van der Waals surface area contributed by atoms with Crippen molar-refractivity contribution < 1.29 is 4.74 Å². The molecular weight excluding hydrogens is 284 g/mol. The molecule has 0 atom stereocenters. The van der Waals surface area contributed by atoms with Crippen molar-refractivity contribution >= 4 is 17.3 Å². The highest BCUT2D eigenvalue weighted by Gasteiger charge is 2.02. The van der Waals surface area contributed by atoms with Crippen molar-refractivity contribution in [3.63, 3.8) is 0 Å². The molecule has 2 aromatic carbocycles. The van der Waals surface area contributed by atoms with Crippen molar-refractivity contribution in [2.45, 2.75) is 19.9 Å². The molecule has 0 heterocycles. The smallest absolute Gasteiger partial charge is 0.119 e. The van der Waals surface area contributed by atoms with Crippen molar-refractivity contribution in [3.8, 4) is 11.8 Å². The first kappa shape index (κ1) is 15.2. The Kier molecular flexibility index (Phi) is 5.48. The van der Waals surface area contributed by atoms with Crippen LogP contribution in [0.25, 0.3) is 0 Å². The van der Waals surface area contributed by atoms with Crippen LogP contribution in [0, 0.1) is 11.3 Å². The second kappa shape index (κ2) is 7.56. The van der Waals surface area contributed by atoms with Crippen molar-refractivity contribution in [3.05, 3.63) is 58.6 Å². The van der Waals surface area contributed by atoms with Crippen molar-refractivity contribution in [2.24, 2.45) is 0 Å². The van der Waals surface area contributed by atoms with E-state index in [2.05, 4.69) is 18.3 Å². The van der Waals surface area contributed by atoms with E-state index in [-0.39, 0.29) is 0 Å². The van der Waals surface area contributed by atoms with Gasteiger partial charge in [0, 0.05) is 6.54 Å². The third-order valence-electron chi connectivity index (χ3n) is 2.95. The highest BCUT2D eigenvalue weighted by molar-refractivity contribution is 6.33. The Morgan fingerprint density at radius 3 is 2.81 bits per heavy atom. The molecule has 0 bridgehead atoms. The van der Waals surface area contributed by atoms with E-state index in [9.17, 15) is 0 Å². The van der Waals surface area contributed by atoms with Gasteiger partial charge in [0.1, 0.15) is 5.75 Å². The highest BCUT2D eigenvalue weighted by atomic mass is 35.5. The van der Waals surface area contributed by atoms with E-state index in [1.165, 1.54) is 0 Å². The van der Waals surface area contributed by atoms with E-state index < -0.39 is 0 Å². The molecule has 2 rings (SSSR count). The third kappa shape index (κ3) is 4.40. The Morgan fingerprint density at radius 2 is 2.10 bits per heavy atom. The van der Waals surface area contributed by atoms with Crippen LogP contribution in [-0.4, -0.2) is 6.61 Å². The Labute approximate surface area is 130 Å². The average molecular weight is 301 g/mol. The SMILES string of the molecule is CCCOc1cccc(CNc2ccc(C#N)cc2Cl)c1. The molecule has 0 saturated carbocycles. The number of benzene rings is 2. The van der Waals surface area contributed by atoms with Gasteiger partial charge in [0.15, 0.2) is 0 Å². The average Bonchev–Trinajstić information content (AvgIpc) is 2.52. The molecule has 108 valence electrons.